The first kappa shape index (κ1) is 34.5. The Morgan fingerprint density at radius 1 is 0.745 bits per heavy atom. The molecule has 2 aliphatic heterocycles. The standard InChI is InChI=1S/C51H53N3O/c1-6-16-35(17-7-1)44-33-45(54-51(53-44)40-24-14-5-15-25-40)36-28-26-34(27-29-36)41-30-31-43-42(32-41)46-47(48(52-43)37-18-8-2-9-19-37)50(39-22-12-4-13-23-39)55-49(46)38-20-10-3-11-21-38/h1,3-6,8,10,12-16,18-19,22-24,26,28,32-34,36,38,40,42-43,51,54H,2,7,9,11,17,20-21,25,27,29-31H2. The third-order valence-electron chi connectivity index (χ3n) is 13.2. The van der Waals surface area contributed by atoms with Crippen LogP contribution < -0.4 is 5.32 Å². The molecule has 6 aliphatic carbocycles. The maximum atomic E-state index is 7.18. The Hall–Kier alpha value is -4.96. The van der Waals surface area contributed by atoms with Crippen LogP contribution in [-0.2, 0) is 0 Å². The minimum atomic E-state index is 0.0718. The van der Waals surface area contributed by atoms with Crippen LogP contribution in [0, 0.1) is 17.8 Å². The number of allylic oxidation sites excluding steroid dienone is 17. The van der Waals surface area contributed by atoms with Crippen LogP contribution in [0.2, 0.25) is 0 Å². The lowest BCUT2D eigenvalue weighted by molar-refractivity contribution is 0.410. The van der Waals surface area contributed by atoms with Crippen LogP contribution >= 0.6 is 0 Å². The third-order valence-corrected chi connectivity index (χ3v) is 13.2. The van der Waals surface area contributed by atoms with E-state index in [-0.39, 0.29) is 18.1 Å². The van der Waals surface area contributed by atoms with Gasteiger partial charge in [0.1, 0.15) is 17.7 Å². The number of fused-ring (bicyclic) bond motifs is 3. The van der Waals surface area contributed by atoms with Crippen molar-refractivity contribution < 1.29 is 4.42 Å². The van der Waals surface area contributed by atoms with Gasteiger partial charge in [-0.1, -0.05) is 127 Å². The number of nitrogens with one attached hydrogen (secondary N) is 1. The summed E-state index contributed by atoms with van der Waals surface area (Å²) in [7, 11) is 0. The lowest BCUT2D eigenvalue weighted by atomic mass is 9.71. The van der Waals surface area contributed by atoms with Gasteiger partial charge in [0.25, 0.3) is 0 Å². The molecular formula is C51H53N3O. The molecule has 0 saturated heterocycles. The zero-order chi connectivity index (χ0) is 36.6. The van der Waals surface area contributed by atoms with Crippen molar-refractivity contribution in [2.45, 2.75) is 101 Å². The van der Waals surface area contributed by atoms with E-state index in [4.69, 9.17) is 14.4 Å². The number of nitrogens with zero attached hydrogens (tertiary/aromatic N) is 2. The summed E-state index contributed by atoms with van der Waals surface area (Å²) in [5, 5.41) is 3.93. The number of rotatable bonds is 7. The van der Waals surface area contributed by atoms with Crippen molar-refractivity contribution >= 4 is 11.4 Å². The molecule has 7 unspecified atom stereocenters. The average Bonchev–Trinajstić information content (AvgIpc) is 3.69. The van der Waals surface area contributed by atoms with Gasteiger partial charge < -0.3 is 9.73 Å². The van der Waals surface area contributed by atoms with Crippen LogP contribution in [0.3, 0.4) is 0 Å². The Morgan fingerprint density at radius 3 is 2.45 bits per heavy atom. The second-order valence-electron chi connectivity index (χ2n) is 16.7. The molecule has 4 heteroatoms. The molecule has 0 bridgehead atoms. The van der Waals surface area contributed by atoms with Gasteiger partial charge in [0.2, 0.25) is 0 Å². The molecule has 0 spiro atoms. The van der Waals surface area contributed by atoms with Crippen molar-refractivity contribution in [3.05, 3.63) is 167 Å². The Balaban J connectivity index is 0.984. The zero-order valence-electron chi connectivity index (χ0n) is 32.0. The molecule has 8 aliphatic rings. The highest BCUT2D eigenvalue weighted by Crippen LogP contribution is 2.51. The smallest absolute Gasteiger partial charge is 0.144 e. The number of hydrogen-bond donors (Lipinski definition) is 1. The lowest BCUT2D eigenvalue weighted by Crippen LogP contribution is -2.40. The normalized spacial score (nSPS) is 30.9. The molecule has 2 aromatic rings. The van der Waals surface area contributed by atoms with Crippen LogP contribution in [0.4, 0.5) is 0 Å². The molecule has 7 atom stereocenters. The van der Waals surface area contributed by atoms with E-state index in [1.807, 2.05) is 0 Å². The van der Waals surface area contributed by atoms with Gasteiger partial charge in [-0.25, -0.2) is 0 Å². The minimum Gasteiger partial charge on any atom is -0.460 e. The maximum Gasteiger partial charge on any atom is 0.144 e. The summed E-state index contributed by atoms with van der Waals surface area (Å²) in [5.41, 5.74) is 11.7. The Morgan fingerprint density at radius 2 is 1.67 bits per heavy atom. The molecule has 10 rings (SSSR count). The third kappa shape index (κ3) is 6.83. The molecule has 0 fully saturated rings. The number of aliphatic imine (C=N–C) groups is 2. The number of benzene rings is 1. The number of hydrogen-bond acceptors (Lipinski definition) is 4. The topological polar surface area (TPSA) is 49.9 Å². The van der Waals surface area contributed by atoms with E-state index >= 15 is 0 Å². The molecule has 278 valence electrons. The highest BCUT2D eigenvalue weighted by molar-refractivity contribution is 6.19. The quantitative estimate of drug-likeness (QED) is 0.289. The van der Waals surface area contributed by atoms with Crippen molar-refractivity contribution in [2.75, 3.05) is 0 Å². The molecule has 4 nitrogen and oxygen atoms in total. The summed E-state index contributed by atoms with van der Waals surface area (Å²) in [6.45, 7) is 0. The highest BCUT2D eigenvalue weighted by Gasteiger charge is 2.42. The monoisotopic (exact) mass is 723 g/mol. The zero-order valence-corrected chi connectivity index (χ0v) is 32.0. The fourth-order valence-electron chi connectivity index (χ4n) is 10.3. The van der Waals surface area contributed by atoms with Gasteiger partial charge in [-0.05, 0) is 100 Å². The first-order valence-electron chi connectivity index (χ1n) is 21.2. The van der Waals surface area contributed by atoms with Crippen molar-refractivity contribution in [3.8, 4) is 11.3 Å². The van der Waals surface area contributed by atoms with Gasteiger partial charge in [-0.2, -0.15) is 0 Å². The molecule has 0 amide bonds. The van der Waals surface area contributed by atoms with E-state index in [0.29, 0.717) is 23.7 Å². The molecule has 3 heterocycles. The van der Waals surface area contributed by atoms with E-state index in [2.05, 4.69) is 133 Å². The second kappa shape index (κ2) is 15.3. The van der Waals surface area contributed by atoms with E-state index < -0.39 is 0 Å². The summed E-state index contributed by atoms with van der Waals surface area (Å²) in [6.07, 6.45) is 50.8. The summed E-state index contributed by atoms with van der Waals surface area (Å²) in [4.78, 5) is 11.0. The van der Waals surface area contributed by atoms with Gasteiger partial charge in [-0.3, -0.25) is 9.98 Å². The predicted molar refractivity (Wildman–Crippen MR) is 227 cm³/mol. The van der Waals surface area contributed by atoms with E-state index in [9.17, 15) is 0 Å². The molecule has 0 radical (unpaired) electrons. The first-order valence-corrected chi connectivity index (χ1v) is 21.2. The minimum absolute atomic E-state index is 0.0718. The van der Waals surface area contributed by atoms with Gasteiger partial charge in [-0.15, -0.1) is 0 Å². The summed E-state index contributed by atoms with van der Waals surface area (Å²) >= 11 is 0. The fraction of sp³-hybridized carbons (Fsp3) is 0.373. The van der Waals surface area contributed by atoms with E-state index in [0.717, 1.165) is 94.1 Å². The number of furan rings is 1. The van der Waals surface area contributed by atoms with E-state index in [1.165, 1.54) is 39.4 Å². The maximum absolute atomic E-state index is 7.18. The first-order chi connectivity index (χ1) is 27.3. The highest BCUT2D eigenvalue weighted by atomic mass is 16.3. The van der Waals surface area contributed by atoms with Gasteiger partial charge in [0, 0.05) is 40.5 Å². The molecule has 1 N–H and O–H groups in total. The molecule has 55 heavy (non-hydrogen) atoms. The van der Waals surface area contributed by atoms with Crippen molar-refractivity contribution in [1.29, 1.82) is 0 Å². The Bertz CT molecular complexity index is 2190. The van der Waals surface area contributed by atoms with Gasteiger partial charge in [0.05, 0.1) is 23.0 Å². The fourth-order valence-corrected chi connectivity index (χ4v) is 10.3. The van der Waals surface area contributed by atoms with Crippen molar-refractivity contribution in [3.63, 3.8) is 0 Å². The summed E-state index contributed by atoms with van der Waals surface area (Å²) in [6, 6.07) is 11.0. The summed E-state index contributed by atoms with van der Waals surface area (Å²) in [5.74, 6) is 4.07. The molecular weight excluding hydrogens is 671 g/mol. The van der Waals surface area contributed by atoms with Crippen LogP contribution in [0.1, 0.15) is 106 Å². The van der Waals surface area contributed by atoms with Crippen LogP contribution in [0.25, 0.3) is 11.3 Å². The van der Waals surface area contributed by atoms with Crippen molar-refractivity contribution in [1.82, 2.24) is 5.32 Å². The Kier molecular flexibility index (Phi) is 9.60. The average molecular weight is 724 g/mol. The lowest BCUT2D eigenvalue weighted by Gasteiger charge is -2.37. The summed E-state index contributed by atoms with van der Waals surface area (Å²) < 4.78 is 7.18. The van der Waals surface area contributed by atoms with Crippen LogP contribution in [0.5, 0.6) is 0 Å². The van der Waals surface area contributed by atoms with Crippen LogP contribution in [-0.4, -0.2) is 23.6 Å². The molecule has 1 aromatic carbocycles. The second-order valence-corrected chi connectivity index (χ2v) is 16.7. The van der Waals surface area contributed by atoms with Gasteiger partial charge >= 0.3 is 0 Å². The van der Waals surface area contributed by atoms with Crippen LogP contribution in [0.15, 0.2) is 164 Å². The Labute approximate surface area is 327 Å². The van der Waals surface area contributed by atoms with E-state index in [1.54, 1.807) is 5.57 Å². The molecule has 0 saturated carbocycles. The SMILES string of the molecule is C1=CCCC(C2=NC(C3C=CC=CC3)NC(C3C=CC(C4=CC5c6c(C7CC=CCC7)oc(-c7ccccc7)c6C(C6=CCCC=C6)=NC5CC4)CC3)=C2)=C1. The largest absolute Gasteiger partial charge is 0.460 e. The van der Waals surface area contributed by atoms with Crippen molar-refractivity contribution in [2.24, 2.45) is 27.7 Å². The predicted octanol–water partition coefficient (Wildman–Crippen LogP) is 12.3. The van der Waals surface area contributed by atoms with Gasteiger partial charge in [0.15, 0.2) is 0 Å². The molecule has 1 aromatic heterocycles.